The summed E-state index contributed by atoms with van der Waals surface area (Å²) in [6.45, 7) is 7.90. The van der Waals surface area contributed by atoms with Gasteiger partial charge in [-0.05, 0) is 5.92 Å². The normalized spacial score (nSPS) is 18.1. The first-order valence-electron chi connectivity index (χ1n) is 2.45. The Hall–Kier alpha value is 0.220. The quantitative estimate of drug-likeness (QED) is 0.433. The summed E-state index contributed by atoms with van der Waals surface area (Å²) in [5.41, 5.74) is 0. The van der Waals surface area contributed by atoms with Crippen LogP contribution >= 0.6 is 15.9 Å². The molecule has 0 rings (SSSR count). The van der Waals surface area contributed by atoms with E-state index in [1.807, 2.05) is 6.08 Å². The van der Waals surface area contributed by atoms with Crippen molar-refractivity contribution in [2.75, 3.05) is 0 Å². The summed E-state index contributed by atoms with van der Waals surface area (Å²) in [7, 11) is 0. The molecule has 0 radical (unpaired) electrons. The molecular formula is C6H11Br. The van der Waals surface area contributed by atoms with Gasteiger partial charge in [-0.15, -0.1) is 6.58 Å². The Morgan fingerprint density at radius 2 is 2.00 bits per heavy atom. The van der Waals surface area contributed by atoms with Gasteiger partial charge in [-0.2, -0.15) is 0 Å². The molecule has 7 heavy (non-hydrogen) atoms. The van der Waals surface area contributed by atoms with E-state index in [4.69, 9.17) is 0 Å². The fraction of sp³-hybridized carbons (Fsp3) is 0.667. The lowest BCUT2D eigenvalue weighted by Crippen LogP contribution is -2.00. The molecule has 0 amide bonds. The van der Waals surface area contributed by atoms with Crippen molar-refractivity contribution in [3.63, 3.8) is 0 Å². The van der Waals surface area contributed by atoms with Gasteiger partial charge in [0.05, 0.1) is 0 Å². The zero-order valence-corrected chi connectivity index (χ0v) is 6.40. The van der Waals surface area contributed by atoms with Crippen LogP contribution in [0.5, 0.6) is 0 Å². The molecule has 2 unspecified atom stereocenters. The zero-order valence-electron chi connectivity index (χ0n) is 4.82. The molecule has 0 saturated heterocycles. The summed E-state index contributed by atoms with van der Waals surface area (Å²) >= 11 is 3.43. The standard InChI is InChI=1S/C6H11Br/c1-4-5(2)6(3)7/h4-6H,1H2,2-3H3. The van der Waals surface area contributed by atoms with E-state index in [0.717, 1.165) is 0 Å². The van der Waals surface area contributed by atoms with E-state index in [-0.39, 0.29) is 0 Å². The van der Waals surface area contributed by atoms with Crippen molar-refractivity contribution >= 4 is 15.9 Å². The van der Waals surface area contributed by atoms with Gasteiger partial charge >= 0.3 is 0 Å². The lowest BCUT2D eigenvalue weighted by Gasteiger charge is -2.05. The molecule has 0 aromatic heterocycles. The second kappa shape index (κ2) is 3.25. The van der Waals surface area contributed by atoms with Crippen LogP contribution in [0.4, 0.5) is 0 Å². The minimum absolute atomic E-state index is 0.560. The molecule has 42 valence electrons. The second-order valence-electron chi connectivity index (χ2n) is 1.77. The Bertz CT molecular complexity index is 57.2. The van der Waals surface area contributed by atoms with E-state index in [1.54, 1.807) is 0 Å². The van der Waals surface area contributed by atoms with Gasteiger partial charge in [0.15, 0.2) is 0 Å². The molecule has 0 aromatic rings. The van der Waals surface area contributed by atoms with Crippen molar-refractivity contribution < 1.29 is 0 Å². The molecule has 0 aliphatic rings. The highest BCUT2D eigenvalue weighted by molar-refractivity contribution is 9.09. The molecule has 2 atom stereocenters. The third kappa shape index (κ3) is 2.86. The number of hydrogen-bond donors (Lipinski definition) is 0. The van der Waals surface area contributed by atoms with Gasteiger partial charge in [0.1, 0.15) is 0 Å². The lowest BCUT2D eigenvalue weighted by atomic mass is 10.1. The van der Waals surface area contributed by atoms with Gasteiger partial charge in [0, 0.05) is 4.83 Å². The highest BCUT2D eigenvalue weighted by Gasteiger charge is 2.00. The van der Waals surface area contributed by atoms with Crippen LogP contribution in [0.3, 0.4) is 0 Å². The predicted octanol–water partition coefficient (Wildman–Crippen LogP) is 2.59. The van der Waals surface area contributed by atoms with Crippen LogP contribution in [-0.4, -0.2) is 4.83 Å². The number of allylic oxidation sites excluding steroid dienone is 1. The van der Waals surface area contributed by atoms with Crippen molar-refractivity contribution in [1.29, 1.82) is 0 Å². The van der Waals surface area contributed by atoms with Gasteiger partial charge < -0.3 is 0 Å². The summed E-state index contributed by atoms with van der Waals surface area (Å²) in [5, 5.41) is 0. The van der Waals surface area contributed by atoms with E-state index in [0.29, 0.717) is 10.7 Å². The van der Waals surface area contributed by atoms with E-state index in [9.17, 15) is 0 Å². The van der Waals surface area contributed by atoms with E-state index in [1.165, 1.54) is 0 Å². The van der Waals surface area contributed by atoms with Gasteiger partial charge in [-0.3, -0.25) is 0 Å². The topological polar surface area (TPSA) is 0 Å². The van der Waals surface area contributed by atoms with Crippen molar-refractivity contribution in [2.24, 2.45) is 5.92 Å². The molecule has 0 aromatic carbocycles. The molecule has 0 nitrogen and oxygen atoms in total. The number of hydrogen-bond acceptors (Lipinski definition) is 0. The van der Waals surface area contributed by atoms with Crippen molar-refractivity contribution in [1.82, 2.24) is 0 Å². The maximum atomic E-state index is 3.65. The predicted molar refractivity (Wildman–Crippen MR) is 37.8 cm³/mol. The number of rotatable bonds is 2. The Morgan fingerprint density at radius 3 is 2.00 bits per heavy atom. The Balaban J connectivity index is 3.33. The Kier molecular flexibility index (Phi) is 3.35. The lowest BCUT2D eigenvalue weighted by molar-refractivity contribution is 0.728. The zero-order chi connectivity index (χ0) is 5.86. The average molecular weight is 163 g/mol. The van der Waals surface area contributed by atoms with Crippen LogP contribution < -0.4 is 0 Å². The number of halogens is 1. The van der Waals surface area contributed by atoms with Crippen LogP contribution in [0.1, 0.15) is 13.8 Å². The summed E-state index contributed by atoms with van der Waals surface area (Å²) in [5.74, 6) is 0.583. The SMILES string of the molecule is C=CC(C)C(C)Br. The van der Waals surface area contributed by atoms with Crippen LogP contribution in [-0.2, 0) is 0 Å². The fourth-order valence-electron chi connectivity index (χ4n) is 0.188. The van der Waals surface area contributed by atoms with Crippen LogP contribution in [0, 0.1) is 5.92 Å². The fourth-order valence-corrected chi connectivity index (χ4v) is 0.403. The van der Waals surface area contributed by atoms with E-state index in [2.05, 4.69) is 36.4 Å². The van der Waals surface area contributed by atoms with Gasteiger partial charge in [0.2, 0.25) is 0 Å². The van der Waals surface area contributed by atoms with Gasteiger partial charge in [-0.1, -0.05) is 35.9 Å². The molecule has 0 spiro atoms. The first-order chi connectivity index (χ1) is 3.18. The Morgan fingerprint density at radius 1 is 1.57 bits per heavy atom. The summed E-state index contributed by atoms with van der Waals surface area (Å²) in [4.78, 5) is 0.560. The third-order valence-corrected chi connectivity index (χ3v) is 1.93. The molecule has 0 saturated carbocycles. The van der Waals surface area contributed by atoms with Gasteiger partial charge in [-0.25, -0.2) is 0 Å². The highest BCUT2D eigenvalue weighted by Crippen LogP contribution is 2.11. The minimum atomic E-state index is 0.560. The van der Waals surface area contributed by atoms with E-state index >= 15 is 0 Å². The summed E-state index contributed by atoms with van der Waals surface area (Å²) in [6.07, 6.45) is 1.94. The van der Waals surface area contributed by atoms with Crippen molar-refractivity contribution in [3.8, 4) is 0 Å². The molecule has 0 N–H and O–H groups in total. The molecule has 0 aliphatic heterocycles. The molecule has 0 aliphatic carbocycles. The van der Waals surface area contributed by atoms with Crippen LogP contribution in [0.15, 0.2) is 12.7 Å². The van der Waals surface area contributed by atoms with Crippen molar-refractivity contribution in [3.05, 3.63) is 12.7 Å². The molecule has 0 bridgehead atoms. The average Bonchev–Trinajstić information content (AvgIpc) is 1.65. The first-order valence-corrected chi connectivity index (χ1v) is 3.36. The van der Waals surface area contributed by atoms with E-state index < -0.39 is 0 Å². The Labute approximate surface area is 53.7 Å². The largest absolute Gasteiger partial charge is 0.103 e. The molecular weight excluding hydrogens is 152 g/mol. The molecule has 1 heteroatoms. The molecule has 0 heterocycles. The first kappa shape index (κ1) is 7.22. The third-order valence-electron chi connectivity index (χ3n) is 1.10. The molecule has 0 fully saturated rings. The van der Waals surface area contributed by atoms with Gasteiger partial charge in [0.25, 0.3) is 0 Å². The monoisotopic (exact) mass is 162 g/mol. The maximum Gasteiger partial charge on any atom is 0.0177 e. The summed E-state index contributed by atoms with van der Waals surface area (Å²) in [6, 6.07) is 0. The second-order valence-corrected chi connectivity index (χ2v) is 3.22. The highest BCUT2D eigenvalue weighted by atomic mass is 79.9. The maximum absolute atomic E-state index is 3.65. The minimum Gasteiger partial charge on any atom is -0.103 e. The number of alkyl halides is 1. The smallest absolute Gasteiger partial charge is 0.0177 e. The van der Waals surface area contributed by atoms with Crippen LogP contribution in [0.25, 0.3) is 0 Å². The van der Waals surface area contributed by atoms with Crippen molar-refractivity contribution in [2.45, 2.75) is 18.7 Å². The van der Waals surface area contributed by atoms with Crippen LogP contribution in [0.2, 0.25) is 0 Å². The summed E-state index contributed by atoms with van der Waals surface area (Å²) < 4.78 is 0.